The maximum atomic E-state index is 12.1. The average molecular weight is 270 g/mol. The standard InChI is InChI=1S/C13H22N2O4/c1-4-6-13(3,12(18)19)14-11(17)9-7-10(16)15(5-2)8-9/h9H,4-8H2,1-3H3,(H,14,17)(H,18,19). The summed E-state index contributed by atoms with van der Waals surface area (Å²) in [5.41, 5.74) is -1.26. The number of nitrogens with one attached hydrogen (secondary N) is 1. The first kappa shape index (κ1) is 15.5. The molecule has 0 aromatic rings. The topological polar surface area (TPSA) is 86.7 Å². The number of likely N-dealkylation sites (tertiary alicyclic amines) is 1. The number of amides is 2. The minimum Gasteiger partial charge on any atom is -0.480 e. The van der Waals surface area contributed by atoms with Crippen LogP contribution in [0.15, 0.2) is 0 Å². The van der Waals surface area contributed by atoms with Gasteiger partial charge in [-0.1, -0.05) is 13.3 Å². The third-order valence-corrected chi connectivity index (χ3v) is 3.59. The molecule has 0 saturated carbocycles. The van der Waals surface area contributed by atoms with Crippen LogP contribution in [0.1, 0.15) is 40.0 Å². The number of hydrogen-bond acceptors (Lipinski definition) is 3. The Labute approximate surface area is 113 Å². The van der Waals surface area contributed by atoms with Crippen molar-refractivity contribution in [2.24, 2.45) is 5.92 Å². The van der Waals surface area contributed by atoms with Crippen molar-refractivity contribution in [3.05, 3.63) is 0 Å². The zero-order valence-corrected chi connectivity index (χ0v) is 11.7. The molecular weight excluding hydrogens is 248 g/mol. The molecule has 1 rings (SSSR count). The van der Waals surface area contributed by atoms with E-state index in [-0.39, 0.29) is 18.2 Å². The molecule has 6 nitrogen and oxygen atoms in total. The summed E-state index contributed by atoms with van der Waals surface area (Å²) in [6.07, 6.45) is 1.20. The van der Waals surface area contributed by atoms with E-state index in [1.807, 2.05) is 13.8 Å². The van der Waals surface area contributed by atoms with Crippen LogP contribution < -0.4 is 5.32 Å². The minimum atomic E-state index is -1.26. The van der Waals surface area contributed by atoms with Crippen LogP contribution in [0.3, 0.4) is 0 Å². The van der Waals surface area contributed by atoms with Crippen LogP contribution in [-0.2, 0) is 14.4 Å². The Kier molecular flexibility index (Phi) is 4.91. The quantitative estimate of drug-likeness (QED) is 0.740. The second kappa shape index (κ2) is 6.04. The third kappa shape index (κ3) is 3.45. The van der Waals surface area contributed by atoms with E-state index in [0.29, 0.717) is 25.9 Å². The second-order valence-electron chi connectivity index (χ2n) is 5.21. The molecule has 1 saturated heterocycles. The Morgan fingerprint density at radius 2 is 2.11 bits per heavy atom. The Hall–Kier alpha value is -1.59. The Morgan fingerprint density at radius 1 is 1.47 bits per heavy atom. The molecule has 1 aliphatic rings. The normalized spacial score (nSPS) is 22.2. The first-order valence-corrected chi connectivity index (χ1v) is 6.67. The number of carboxylic acids is 1. The van der Waals surface area contributed by atoms with Gasteiger partial charge in [0.2, 0.25) is 11.8 Å². The Bertz CT molecular complexity index is 383. The fourth-order valence-electron chi connectivity index (χ4n) is 2.35. The molecule has 0 radical (unpaired) electrons. The summed E-state index contributed by atoms with van der Waals surface area (Å²) in [4.78, 5) is 36.5. The number of carboxylic acid groups (broad SMARTS) is 1. The first-order valence-electron chi connectivity index (χ1n) is 6.67. The molecule has 2 atom stereocenters. The van der Waals surface area contributed by atoms with Crippen LogP contribution in [0, 0.1) is 5.92 Å². The van der Waals surface area contributed by atoms with Crippen LogP contribution >= 0.6 is 0 Å². The first-order chi connectivity index (χ1) is 8.84. The van der Waals surface area contributed by atoms with Crippen LogP contribution in [-0.4, -0.2) is 46.4 Å². The van der Waals surface area contributed by atoms with E-state index < -0.39 is 17.4 Å². The highest BCUT2D eigenvalue weighted by Crippen LogP contribution is 2.20. The smallest absolute Gasteiger partial charge is 0.329 e. The van der Waals surface area contributed by atoms with Crippen molar-refractivity contribution in [3.8, 4) is 0 Å². The van der Waals surface area contributed by atoms with Crippen molar-refractivity contribution >= 4 is 17.8 Å². The lowest BCUT2D eigenvalue weighted by Crippen LogP contribution is -2.54. The molecule has 1 fully saturated rings. The zero-order chi connectivity index (χ0) is 14.6. The third-order valence-electron chi connectivity index (χ3n) is 3.59. The van der Waals surface area contributed by atoms with Gasteiger partial charge in [-0.15, -0.1) is 0 Å². The van der Waals surface area contributed by atoms with Gasteiger partial charge in [0.15, 0.2) is 0 Å². The van der Waals surface area contributed by atoms with Gasteiger partial charge >= 0.3 is 5.97 Å². The van der Waals surface area contributed by atoms with Gasteiger partial charge in [-0.05, 0) is 20.3 Å². The van der Waals surface area contributed by atoms with E-state index in [9.17, 15) is 19.5 Å². The molecule has 2 unspecified atom stereocenters. The van der Waals surface area contributed by atoms with Gasteiger partial charge < -0.3 is 15.3 Å². The number of carbonyl (C=O) groups excluding carboxylic acids is 2. The zero-order valence-electron chi connectivity index (χ0n) is 11.7. The Balaban J connectivity index is 2.69. The van der Waals surface area contributed by atoms with Crippen molar-refractivity contribution in [1.82, 2.24) is 10.2 Å². The number of hydrogen-bond donors (Lipinski definition) is 2. The van der Waals surface area contributed by atoms with E-state index in [1.165, 1.54) is 6.92 Å². The van der Waals surface area contributed by atoms with E-state index in [4.69, 9.17) is 0 Å². The molecule has 0 aromatic carbocycles. The average Bonchev–Trinajstić information content (AvgIpc) is 2.70. The fourth-order valence-corrected chi connectivity index (χ4v) is 2.35. The van der Waals surface area contributed by atoms with Gasteiger partial charge in [0.1, 0.15) is 5.54 Å². The van der Waals surface area contributed by atoms with Crippen LogP contribution in [0.5, 0.6) is 0 Å². The largest absolute Gasteiger partial charge is 0.480 e. The second-order valence-corrected chi connectivity index (χ2v) is 5.21. The fraction of sp³-hybridized carbons (Fsp3) is 0.769. The van der Waals surface area contributed by atoms with E-state index >= 15 is 0 Å². The molecule has 19 heavy (non-hydrogen) atoms. The van der Waals surface area contributed by atoms with Crippen molar-refractivity contribution < 1.29 is 19.5 Å². The van der Waals surface area contributed by atoms with Crippen LogP contribution in [0.4, 0.5) is 0 Å². The van der Waals surface area contributed by atoms with Gasteiger partial charge in [-0.25, -0.2) is 4.79 Å². The lowest BCUT2D eigenvalue weighted by molar-refractivity contribution is -0.147. The van der Waals surface area contributed by atoms with E-state index in [1.54, 1.807) is 4.90 Å². The number of carbonyl (C=O) groups is 3. The number of rotatable bonds is 6. The molecule has 1 heterocycles. The van der Waals surface area contributed by atoms with Crippen molar-refractivity contribution in [1.29, 1.82) is 0 Å². The summed E-state index contributed by atoms with van der Waals surface area (Å²) >= 11 is 0. The van der Waals surface area contributed by atoms with Crippen molar-refractivity contribution in [2.75, 3.05) is 13.1 Å². The lowest BCUT2D eigenvalue weighted by Gasteiger charge is -2.27. The SMILES string of the molecule is CCCC(C)(NC(=O)C1CC(=O)N(CC)C1)C(=O)O. The molecule has 2 amide bonds. The summed E-state index contributed by atoms with van der Waals surface area (Å²) in [6.45, 7) is 6.18. The molecule has 108 valence electrons. The van der Waals surface area contributed by atoms with Gasteiger partial charge in [-0.2, -0.15) is 0 Å². The highest BCUT2D eigenvalue weighted by atomic mass is 16.4. The molecule has 1 aliphatic heterocycles. The van der Waals surface area contributed by atoms with Gasteiger partial charge in [0.25, 0.3) is 0 Å². The molecule has 0 aliphatic carbocycles. The maximum absolute atomic E-state index is 12.1. The lowest BCUT2D eigenvalue weighted by atomic mass is 9.95. The molecule has 0 spiro atoms. The molecule has 2 N–H and O–H groups in total. The predicted molar refractivity (Wildman–Crippen MR) is 69.5 cm³/mol. The van der Waals surface area contributed by atoms with E-state index in [2.05, 4.69) is 5.32 Å². The van der Waals surface area contributed by atoms with Gasteiger partial charge in [-0.3, -0.25) is 9.59 Å². The van der Waals surface area contributed by atoms with Gasteiger partial charge in [0.05, 0.1) is 5.92 Å². The number of nitrogens with zero attached hydrogens (tertiary/aromatic N) is 1. The Morgan fingerprint density at radius 3 is 2.53 bits per heavy atom. The minimum absolute atomic E-state index is 0.0461. The molecule has 0 bridgehead atoms. The van der Waals surface area contributed by atoms with Crippen LogP contribution in [0.2, 0.25) is 0 Å². The van der Waals surface area contributed by atoms with Gasteiger partial charge in [0, 0.05) is 19.5 Å². The monoisotopic (exact) mass is 270 g/mol. The summed E-state index contributed by atoms with van der Waals surface area (Å²) in [6, 6.07) is 0. The molecule has 0 aromatic heterocycles. The number of aliphatic carboxylic acids is 1. The summed E-state index contributed by atoms with van der Waals surface area (Å²) in [5, 5.41) is 11.8. The van der Waals surface area contributed by atoms with Crippen molar-refractivity contribution in [3.63, 3.8) is 0 Å². The summed E-state index contributed by atoms with van der Waals surface area (Å²) in [5.74, 6) is -1.87. The van der Waals surface area contributed by atoms with E-state index in [0.717, 1.165) is 0 Å². The highest BCUT2D eigenvalue weighted by molar-refractivity contribution is 5.92. The highest BCUT2D eigenvalue weighted by Gasteiger charge is 2.39. The molecule has 6 heteroatoms. The summed E-state index contributed by atoms with van der Waals surface area (Å²) < 4.78 is 0. The maximum Gasteiger partial charge on any atom is 0.329 e. The summed E-state index contributed by atoms with van der Waals surface area (Å²) in [7, 11) is 0. The predicted octanol–water partition coefficient (Wildman–Crippen LogP) is 0.614. The van der Waals surface area contributed by atoms with Crippen LogP contribution in [0.25, 0.3) is 0 Å². The molecular formula is C13H22N2O4. The van der Waals surface area contributed by atoms with Crippen molar-refractivity contribution in [2.45, 2.75) is 45.6 Å².